The molecule has 0 radical (unpaired) electrons. The van der Waals surface area contributed by atoms with Crippen LogP contribution in [0, 0.1) is 12.8 Å². The molecule has 1 N–H and O–H groups in total. The van der Waals surface area contributed by atoms with Crippen molar-refractivity contribution < 1.29 is 14.4 Å². The highest BCUT2D eigenvalue weighted by Crippen LogP contribution is 2.22. The van der Waals surface area contributed by atoms with Crippen LogP contribution in [-0.4, -0.2) is 24.1 Å². The Morgan fingerprint density at radius 3 is 2.52 bits per heavy atom. The molecule has 0 aliphatic carbocycles. The zero-order chi connectivity index (χ0) is 18.0. The normalized spacial score (nSPS) is 17.9. The van der Waals surface area contributed by atoms with Gasteiger partial charge < -0.3 is 0 Å². The van der Waals surface area contributed by atoms with Gasteiger partial charge in [-0.2, -0.15) is 0 Å². The van der Waals surface area contributed by atoms with Gasteiger partial charge >= 0.3 is 6.03 Å². The molecule has 0 bridgehead atoms. The SMILES string of the molecule is Cc1cccc(N2C(=O)NC(=O)[C@H](C=Nc3ccc(Cl)cc3)C2=O)c1. The van der Waals surface area contributed by atoms with Crippen molar-refractivity contribution in [1.82, 2.24) is 5.32 Å². The lowest BCUT2D eigenvalue weighted by Crippen LogP contribution is -2.58. The van der Waals surface area contributed by atoms with E-state index in [1.807, 2.05) is 13.0 Å². The Balaban J connectivity index is 1.89. The second-order valence-electron chi connectivity index (χ2n) is 5.54. The molecule has 7 heteroatoms. The molecule has 0 saturated carbocycles. The van der Waals surface area contributed by atoms with Crippen molar-refractivity contribution in [3.63, 3.8) is 0 Å². The van der Waals surface area contributed by atoms with Crippen LogP contribution in [-0.2, 0) is 9.59 Å². The fourth-order valence-electron chi connectivity index (χ4n) is 2.42. The van der Waals surface area contributed by atoms with Crippen LogP contribution in [0.5, 0.6) is 0 Å². The summed E-state index contributed by atoms with van der Waals surface area (Å²) in [5.74, 6) is -2.53. The number of imide groups is 2. The molecule has 4 amide bonds. The van der Waals surface area contributed by atoms with Crippen LogP contribution in [0.3, 0.4) is 0 Å². The first-order chi connectivity index (χ1) is 12.0. The lowest BCUT2D eigenvalue weighted by Gasteiger charge is -2.28. The molecule has 1 saturated heterocycles. The van der Waals surface area contributed by atoms with E-state index in [9.17, 15) is 14.4 Å². The molecule has 0 aromatic heterocycles. The van der Waals surface area contributed by atoms with Gasteiger partial charge in [-0.1, -0.05) is 23.7 Å². The molecule has 126 valence electrons. The Labute approximate surface area is 149 Å². The van der Waals surface area contributed by atoms with Crippen LogP contribution in [0.1, 0.15) is 5.56 Å². The molecule has 3 rings (SSSR count). The van der Waals surface area contributed by atoms with Crippen LogP contribution >= 0.6 is 11.6 Å². The molecule has 2 aromatic rings. The predicted molar refractivity (Wildman–Crippen MR) is 95.3 cm³/mol. The number of hydrogen-bond acceptors (Lipinski definition) is 4. The summed E-state index contributed by atoms with van der Waals surface area (Å²) >= 11 is 5.81. The molecule has 1 fully saturated rings. The van der Waals surface area contributed by atoms with Crippen molar-refractivity contribution in [1.29, 1.82) is 0 Å². The minimum atomic E-state index is -1.19. The van der Waals surface area contributed by atoms with Crippen LogP contribution in [0.2, 0.25) is 5.02 Å². The number of hydrogen-bond donors (Lipinski definition) is 1. The highest BCUT2D eigenvalue weighted by atomic mass is 35.5. The summed E-state index contributed by atoms with van der Waals surface area (Å²) in [5.41, 5.74) is 1.84. The van der Waals surface area contributed by atoms with Crippen molar-refractivity contribution in [2.24, 2.45) is 10.9 Å². The number of urea groups is 1. The Kier molecular flexibility index (Phi) is 4.63. The molecule has 2 aromatic carbocycles. The molecule has 0 unspecified atom stereocenters. The monoisotopic (exact) mass is 355 g/mol. The van der Waals surface area contributed by atoms with Gasteiger partial charge in [0.2, 0.25) is 5.91 Å². The summed E-state index contributed by atoms with van der Waals surface area (Å²) in [4.78, 5) is 41.9. The van der Waals surface area contributed by atoms with Crippen molar-refractivity contribution in [2.75, 3.05) is 4.90 Å². The smallest absolute Gasteiger partial charge is 0.276 e. The Hall–Kier alpha value is -2.99. The van der Waals surface area contributed by atoms with Gasteiger partial charge in [0.1, 0.15) is 0 Å². The van der Waals surface area contributed by atoms with E-state index in [0.29, 0.717) is 16.4 Å². The number of anilines is 1. The van der Waals surface area contributed by atoms with Crippen molar-refractivity contribution in [3.8, 4) is 0 Å². The first-order valence-corrected chi connectivity index (χ1v) is 7.89. The van der Waals surface area contributed by atoms with Gasteiger partial charge in [-0.3, -0.25) is 19.9 Å². The number of rotatable bonds is 3. The lowest BCUT2D eigenvalue weighted by molar-refractivity contribution is -0.131. The van der Waals surface area contributed by atoms with Gasteiger partial charge in [-0.15, -0.1) is 0 Å². The maximum absolute atomic E-state index is 12.7. The number of amides is 4. The largest absolute Gasteiger partial charge is 0.335 e. The zero-order valence-corrected chi connectivity index (χ0v) is 14.0. The van der Waals surface area contributed by atoms with Crippen LogP contribution < -0.4 is 10.2 Å². The van der Waals surface area contributed by atoms with Crippen LogP contribution in [0.25, 0.3) is 0 Å². The molecule has 1 heterocycles. The topological polar surface area (TPSA) is 78.8 Å². The van der Waals surface area contributed by atoms with Crippen molar-refractivity contribution >= 4 is 47.0 Å². The average Bonchev–Trinajstić information content (AvgIpc) is 2.56. The van der Waals surface area contributed by atoms with Crippen molar-refractivity contribution in [2.45, 2.75) is 6.92 Å². The van der Waals surface area contributed by atoms with Gasteiger partial charge in [0.15, 0.2) is 5.92 Å². The van der Waals surface area contributed by atoms with E-state index in [1.54, 1.807) is 42.5 Å². The maximum Gasteiger partial charge on any atom is 0.335 e. The summed E-state index contributed by atoms with van der Waals surface area (Å²) in [5, 5.41) is 2.75. The fourth-order valence-corrected chi connectivity index (χ4v) is 2.55. The number of barbiturate groups is 1. The summed E-state index contributed by atoms with van der Waals surface area (Å²) in [6.45, 7) is 1.85. The zero-order valence-electron chi connectivity index (χ0n) is 13.3. The number of nitrogens with one attached hydrogen (secondary N) is 1. The third kappa shape index (κ3) is 3.59. The average molecular weight is 356 g/mol. The highest BCUT2D eigenvalue weighted by molar-refractivity contribution is 6.32. The molecule has 1 aliphatic rings. The van der Waals surface area contributed by atoms with Gasteiger partial charge in [-0.25, -0.2) is 9.69 Å². The molecule has 1 atom stereocenters. The Morgan fingerprint density at radius 2 is 1.84 bits per heavy atom. The molecule has 1 aliphatic heterocycles. The summed E-state index contributed by atoms with van der Waals surface area (Å²) < 4.78 is 0. The minimum Gasteiger partial charge on any atom is -0.276 e. The number of benzene rings is 2. The maximum atomic E-state index is 12.7. The summed E-state index contributed by atoms with van der Waals surface area (Å²) in [6, 6.07) is 12.8. The summed E-state index contributed by atoms with van der Waals surface area (Å²) in [6.07, 6.45) is 1.23. The predicted octanol–water partition coefficient (Wildman–Crippen LogP) is 3.25. The first-order valence-electron chi connectivity index (χ1n) is 7.51. The molecule has 0 spiro atoms. The van der Waals surface area contributed by atoms with Crippen molar-refractivity contribution in [3.05, 3.63) is 59.1 Å². The number of aliphatic imine (C=N–C) groups is 1. The molecular formula is C18H14ClN3O3. The highest BCUT2D eigenvalue weighted by Gasteiger charge is 2.40. The van der Waals surface area contributed by atoms with E-state index in [1.165, 1.54) is 6.21 Å². The quantitative estimate of drug-likeness (QED) is 0.678. The number of carbonyl (C=O) groups excluding carboxylic acids is 3. The first kappa shape index (κ1) is 16.9. The van der Waals surface area contributed by atoms with Crippen LogP contribution in [0.4, 0.5) is 16.2 Å². The van der Waals surface area contributed by atoms with E-state index >= 15 is 0 Å². The van der Waals surface area contributed by atoms with E-state index in [0.717, 1.165) is 10.5 Å². The third-order valence-electron chi connectivity index (χ3n) is 3.66. The minimum absolute atomic E-state index is 0.403. The van der Waals surface area contributed by atoms with Crippen LogP contribution in [0.15, 0.2) is 53.5 Å². The Morgan fingerprint density at radius 1 is 1.12 bits per heavy atom. The number of halogens is 1. The number of aryl methyl sites for hydroxylation is 1. The van der Waals surface area contributed by atoms with Gasteiger partial charge in [0.05, 0.1) is 11.4 Å². The molecule has 6 nitrogen and oxygen atoms in total. The lowest BCUT2D eigenvalue weighted by atomic mass is 10.1. The van der Waals surface area contributed by atoms with E-state index in [2.05, 4.69) is 10.3 Å². The fraction of sp³-hybridized carbons (Fsp3) is 0.111. The van der Waals surface area contributed by atoms with E-state index in [-0.39, 0.29) is 0 Å². The second kappa shape index (κ2) is 6.86. The van der Waals surface area contributed by atoms with E-state index < -0.39 is 23.8 Å². The third-order valence-corrected chi connectivity index (χ3v) is 3.91. The number of carbonyl (C=O) groups is 3. The standard InChI is InChI=1S/C18H14ClN3O3/c1-11-3-2-4-14(9-11)22-17(24)15(16(23)21-18(22)25)10-20-13-7-5-12(19)6-8-13/h2-10,15H,1H3,(H,21,23,25)/t15-/m0/s1. The molecule has 25 heavy (non-hydrogen) atoms. The molecular weight excluding hydrogens is 342 g/mol. The van der Waals surface area contributed by atoms with Gasteiger partial charge in [0.25, 0.3) is 5.91 Å². The second-order valence-corrected chi connectivity index (χ2v) is 5.98. The van der Waals surface area contributed by atoms with E-state index in [4.69, 9.17) is 11.6 Å². The van der Waals surface area contributed by atoms with Gasteiger partial charge in [-0.05, 0) is 48.9 Å². The summed E-state index contributed by atoms with van der Waals surface area (Å²) in [7, 11) is 0. The van der Waals surface area contributed by atoms with Gasteiger partial charge in [0, 0.05) is 11.2 Å². The number of nitrogens with zero attached hydrogens (tertiary/aromatic N) is 2. The Bertz CT molecular complexity index is 877.